The zero-order valence-corrected chi connectivity index (χ0v) is 8.69. The van der Waals surface area contributed by atoms with Crippen LogP contribution in [0.5, 0.6) is 11.8 Å². The summed E-state index contributed by atoms with van der Waals surface area (Å²) in [5.74, 6) is -0.254. The number of hydrogen-bond acceptors (Lipinski definition) is 5. The minimum Gasteiger partial charge on any atom is -0.477 e. The number of primary amides is 1. The Morgan fingerprint density at radius 1 is 1.40 bits per heavy atom. The van der Waals surface area contributed by atoms with Gasteiger partial charge in [0.1, 0.15) is 0 Å². The first-order valence-electron chi connectivity index (χ1n) is 4.61. The van der Waals surface area contributed by atoms with Gasteiger partial charge in [-0.25, -0.2) is 4.98 Å². The molecule has 82 valence electrons. The van der Waals surface area contributed by atoms with Crippen molar-refractivity contribution in [3.8, 4) is 11.8 Å². The van der Waals surface area contributed by atoms with Gasteiger partial charge in [-0.2, -0.15) is 4.98 Å². The highest BCUT2D eigenvalue weighted by molar-refractivity contribution is 5.92. The fraction of sp³-hybridized carbons (Fsp3) is 0.444. The van der Waals surface area contributed by atoms with Gasteiger partial charge in [0.15, 0.2) is 5.69 Å². The van der Waals surface area contributed by atoms with Crippen LogP contribution in [0.3, 0.4) is 0 Å². The van der Waals surface area contributed by atoms with Crippen LogP contribution in [0.15, 0.2) is 6.20 Å². The number of nitrogens with zero attached hydrogens (tertiary/aromatic N) is 2. The lowest BCUT2D eigenvalue weighted by Gasteiger charge is -2.07. The molecule has 0 saturated heterocycles. The molecular formula is C9H13N3O3. The van der Waals surface area contributed by atoms with E-state index in [1.807, 2.05) is 6.92 Å². The maximum absolute atomic E-state index is 11.0. The van der Waals surface area contributed by atoms with Crippen LogP contribution in [0.4, 0.5) is 0 Å². The Morgan fingerprint density at radius 2 is 2.07 bits per heavy atom. The van der Waals surface area contributed by atoms with E-state index >= 15 is 0 Å². The highest BCUT2D eigenvalue weighted by Gasteiger charge is 2.14. The van der Waals surface area contributed by atoms with Crippen LogP contribution in [0, 0.1) is 0 Å². The maximum atomic E-state index is 11.0. The van der Waals surface area contributed by atoms with Crippen molar-refractivity contribution in [2.75, 3.05) is 13.2 Å². The van der Waals surface area contributed by atoms with Gasteiger partial charge < -0.3 is 15.2 Å². The second kappa shape index (κ2) is 5.14. The molecule has 0 unspecified atom stereocenters. The lowest BCUT2D eigenvalue weighted by Crippen LogP contribution is -2.16. The highest BCUT2D eigenvalue weighted by Crippen LogP contribution is 2.16. The van der Waals surface area contributed by atoms with Gasteiger partial charge in [-0.3, -0.25) is 4.79 Å². The van der Waals surface area contributed by atoms with E-state index in [9.17, 15) is 4.79 Å². The van der Waals surface area contributed by atoms with Gasteiger partial charge in [0.2, 0.25) is 11.8 Å². The number of aromatic nitrogens is 2. The average Bonchev–Trinajstić information content (AvgIpc) is 2.18. The predicted molar refractivity (Wildman–Crippen MR) is 52.9 cm³/mol. The van der Waals surface area contributed by atoms with Crippen LogP contribution in [-0.4, -0.2) is 29.1 Å². The van der Waals surface area contributed by atoms with Gasteiger partial charge in [-0.15, -0.1) is 0 Å². The third kappa shape index (κ3) is 2.80. The summed E-state index contributed by atoms with van der Waals surface area (Å²) in [6.45, 7) is 4.45. The molecule has 15 heavy (non-hydrogen) atoms. The first-order chi connectivity index (χ1) is 7.19. The van der Waals surface area contributed by atoms with Crippen LogP contribution < -0.4 is 15.2 Å². The number of carbonyl (C=O) groups excluding carboxylic acids is 1. The normalized spacial score (nSPS) is 9.73. The zero-order valence-electron chi connectivity index (χ0n) is 8.69. The summed E-state index contributed by atoms with van der Waals surface area (Å²) in [6.07, 6.45) is 1.34. The minimum absolute atomic E-state index is 0.0142. The average molecular weight is 211 g/mol. The predicted octanol–water partition coefficient (Wildman–Crippen LogP) is 0.373. The van der Waals surface area contributed by atoms with Crippen molar-refractivity contribution in [3.63, 3.8) is 0 Å². The molecule has 0 radical (unpaired) electrons. The van der Waals surface area contributed by atoms with E-state index < -0.39 is 5.91 Å². The Balaban J connectivity index is 3.03. The van der Waals surface area contributed by atoms with E-state index in [1.54, 1.807) is 6.92 Å². The van der Waals surface area contributed by atoms with E-state index in [1.165, 1.54) is 6.20 Å². The molecule has 1 amide bonds. The summed E-state index contributed by atoms with van der Waals surface area (Å²) in [4.78, 5) is 18.8. The van der Waals surface area contributed by atoms with Crippen molar-refractivity contribution in [2.24, 2.45) is 5.73 Å². The molecule has 0 saturated carbocycles. The Bertz CT molecular complexity index is 354. The molecule has 0 atom stereocenters. The molecule has 2 N–H and O–H groups in total. The van der Waals surface area contributed by atoms with Crippen LogP contribution in [0.25, 0.3) is 0 Å². The van der Waals surface area contributed by atoms with E-state index in [2.05, 4.69) is 9.97 Å². The SMILES string of the molecule is CCOc1cnc(C(N)=O)c(OCC)n1. The monoisotopic (exact) mass is 211 g/mol. The van der Waals surface area contributed by atoms with Crippen LogP contribution in [0.2, 0.25) is 0 Å². The van der Waals surface area contributed by atoms with Gasteiger partial charge in [0, 0.05) is 0 Å². The molecule has 1 rings (SSSR count). The maximum Gasteiger partial charge on any atom is 0.272 e. The number of carbonyl (C=O) groups is 1. The van der Waals surface area contributed by atoms with Crippen molar-refractivity contribution < 1.29 is 14.3 Å². The van der Waals surface area contributed by atoms with Crippen molar-refractivity contribution in [1.82, 2.24) is 9.97 Å². The third-order valence-corrected chi connectivity index (χ3v) is 1.53. The molecule has 0 aliphatic rings. The summed E-state index contributed by atoms with van der Waals surface area (Å²) in [6, 6.07) is 0. The summed E-state index contributed by atoms with van der Waals surface area (Å²) in [5, 5.41) is 0. The molecule has 0 fully saturated rings. The standard InChI is InChI=1S/C9H13N3O3/c1-3-14-6-5-11-7(8(10)13)9(12-6)15-4-2/h5H,3-4H2,1-2H3,(H2,10,13). The molecule has 0 aliphatic carbocycles. The summed E-state index contributed by atoms with van der Waals surface area (Å²) in [5.41, 5.74) is 5.12. The fourth-order valence-corrected chi connectivity index (χ4v) is 0.981. The topological polar surface area (TPSA) is 87.3 Å². The summed E-state index contributed by atoms with van der Waals surface area (Å²) < 4.78 is 10.3. The van der Waals surface area contributed by atoms with E-state index in [0.29, 0.717) is 19.1 Å². The van der Waals surface area contributed by atoms with Gasteiger partial charge in [0.25, 0.3) is 5.91 Å². The van der Waals surface area contributed by atoms with Crippen LogP contribution in [0.1, 0.15) is 24.3 Å². The van der Waals surface area contributed by atoms with Crippen molar-refractivity contribution in [3.05, 3.63) is 11.9 Å². The first kappa shape index (κ1) is 11.2. The molecule has 1 heterocycles. The van der Waals surface area contributed by atoms with Gasteiger partial charge in [0.05, 0.1) is 19.4 Å². The van der Waals surface area contributed by atoms with Crippen LogP contribution in [-0.2, 0) is 0 Å². The van der Waals surface area contributed by atoms with E-state index in [-0.39, 0.29) is 11.6 Å². The molecule has 0 bridgehead atoms. The number of rotatable bonds is 5. The summed E-state index contributed by atoms with van der Waals surface area (Å²) in [7, 11) is 0. The smallest absolute Gasteiger partial charge is 0.272 e. The van der Waals surface area contributed by atoms with E-state index in [0.717, 1.165) is 0 Å². The fourth-order valence-electron chi connectivity index (χ4n) is 0.981. The van der Waals surface area contributed by atoms with Gasteiger partial charge in [-0.05, 0) is 13.8 Å². The Hall–Kier alpha value is -1.85. The number of ether oxygens (including phenoxy) is 2. The van der Waals surface area contributed by atoms with Crippen molar-refractivity contribution in [1.29, 1.82) is 0 Å². The number of hydrogen-bond donors (Lipinski definition) is 1. The Kier molecular flexibility index (Phi) is 3.84. The first-order valence-corrected chi connectivity index (χ1v) is 4.61. The molecule has 0 aliphatic heterocycles. The van der Waals surface area contributed by atoms with Crippen molar-refractivity contribution >= 4 is 5.91 Å². The molecule has 0 spiro atoms. The lowest BCUT2D eigenvalue weighted by atomic mass is 10.4. The third-order valence-electron chi connectivity index (χ3n) is 1.53. The second-order valence-corrected chi connectivity index (χ2v) is 2.59. The minimum atomic E-state index is -0.672. The molecule has 6 heteroatoms. The molecule has 1 aromatic rings. The van der Waals surface area contributed by atoms with Crippen LogP contribution >= 0.6 is 0 Å². The lowest BCUT2D eigenvalue weighted by molar-refractivity contribution is 0.0990. The quantitative estimate of drug-likeness (QED) is 0.760. The highest BCUT2D eigenvalue weighted by atomic mass is 16.5. The molecule has 1 aromatic heterocycles. The second-order valence-electron chi connectivity index (χ2n) is 2.59. The largest absolute Gasteiger partial charge is 0.477 e. The number of amides is 1. The number of nitrogens with two attached hydrogens (primary N) is 1. The summed E-state index contributed by atoms with van der Waals surface area (Å²) >= 11 is 0. The molecule has 6 nitrogen and oxygen atoms in total. The molecule has 0 aromatic carbocycles. The zero-order chi connectivity index (χ0) is 11.3. The Morgan fingerprint density at radius 3 is 2.60 bits per heavy atom. The molecular weight excluding hydrogens is 198 g/mol. The van der Waals surface area contributed by atoms with Crippen molar-refractivity contribution in [2.45, 2.75) is 13.8 Å². The van der Waals surface area contributed by atoms with Gasteiger partial charge in [-0.1, -0.05) is 0 Å². The Labute approximate surface area is 87.4 Å². The van der Waals surface area contributed by atoms with Gasteiger partial charge >= 0.3 is 0 Å². The van der Waals surface area contributed by atoms with E-state index in [4.69, 9.17) is 15.2 Å².